The summed E-state index contributed by atoms with van der Waals surface area (Å²) in [5.74, 6) is -0.994. The predicted octanol–water partition coefficient (Wildman–Crippen LogP) is 5.07. The molecule has 3 aliphatic carbocycles. The minimum atomic E-state index is -4.41. The largest absolute Gasteiger partial charge is 0.481 e. The van der Waals surface area contributed by atoms with Crippen molar-refractivity contribution in [3.63, 3.8) is 0 Å². The Kier molecular flexibility index (Phi) is 8.94. The fourth-order valence-corrected chi connectivity index (χ4v) is 5.95. The zero-order chi connectivity index (χ0) is 29.9. The average molecular weight is 580 g/mol. The van der Waals surface area contributed by atoms with E-state index in [1.165, 1.54) is 17.7 Å². The standard InChI is InChI=1S/C33H36F3N3O3/c1-2-21(17-30(40)41)11-16-28-31(23-12-14-26(15-13-23)33(34,35)36)38-27-10-6-9-24(18-29(27)37-28)32(42)39-19-25(20-39)22-7-4-3-5-8-22/h4,7-10,12,14-15,18,21,23,25H,2-3,5-6,11,13,16-17,19-20H2,1H3,(H,40,41). The summed E-state index contributed by atoms with van der Waals surface area (Å²) in [6.07, 6.45) is 16.0. The van der Waals surface area contributed by atoms with Gasteiger partial charge < -0.3 is 10.0 Å². The van der Waals surface area contributed by atoms with Crippen LogP contribution in [-0.2, 0) is 16.0 Å². The molecular weight excluding hydrogens is 543 g/mol. The minimum Gasteiger partial charge on any atom is -0.481 e. The van der Waals surface area contributed by atoms with Crippen molar-refractivity contribution in [3.8, 4) is 0 Å². The lowest BCUT2D eigenvalue weighted by Crippen LogP contribution is -2.51. The van der Waals surface area contributed by atoms with E-state index < -0.39 is 17.7 Å². The number of nitrogens with zero attached hydrogens (tertiary/aromatic N) is 3. The van der Waals surface area contributed by atoms with E-state index in [9.17, 15) is 27.9 Å². The third-order valence-corrected chi connectivity index (χ3v) is 8.51. The van der Waals surface area contributed by atoms with E-state index in [0.29, 0.717) is 72.3 Å². The molecule has 1 fully saturated rings. The molecule has 1 N–H and O–H groups in total. The number of fused-ring (bicyclic) bond motifs is 1. The molecule has 42 heavy (non-hydrogen) atoms. The first-order valence-electron chi connectivity index (χ1n) is 14.7. The van der Waals surface area contributed by atoms with Gasteiger partial charge in [0.25, 0.3) is 5.91 Å². The number of aromatic nitrogens is 2. The van der Waals surface area contributed by atoms with Gasteiger partial charge in [-0.3, -0.25) is 9.59 Å². The predicted molar refractivity (Wildman–Crippen MR) is 154 cm³/mol. The highest BCUT2D eigenvalue weighted by atomic mass is 19.4. The molecule has 5 rings (SSSR count). The molecule has 0 aromatic carbocycles. The van der Waals surface area contributed by atoms with Crippen LogP contribution in [0.15, 0.2) is 59.3 Å². The second-order valence-corrected chi connectivity index (χ2v) is 11.4. The van der Waals surface area contributed by atoms with E-state index in [4.69, 9.17) is 9.97 Å². The Morgan fingerprint density at radius 3 is 2.52 bits per heavy atom. The molecule has 1 saturated heterocycles. The van der Waals surface area contributed by atoms with Crippen molar-refractivity contribution in [2.45, 2.75) is 70.4 Å². The monoisotopic (exact) mass is 579 g/mol. The maximum Gasteiger partial charge on any atom is 0.416 e. The number of amides is 1. The van der Waals surface area contributed by atoms with Gasteiger partial charge in [-0.05, 0) is 56.1 Å². The van der Waals surface area contributed by atoms with E-state index in [0.717, 1.165) is 18.9 Å². The molecule has 0 spiro atoms. The number of allylic oxidation sites excluding steroid dienone is 8. The number of aryl methyl sites for hydroxylation is 1. The molecule has 0 radical (unpaired) electrons. The molecule has 1 aliphatic heterocycles. The molecule has 2 atom stereocenters. The average Bonchev–Trinajstić information content (AvgIpc) is 3.16. The van der Waals surface area contributed by atoms with Crippen LogP contribution in [0.25, 0.3) is 12.2 Å². The third-order valence-electron chi connectivity index (χ3n) is 8.51. The van der Waals surface area contributed by atoms with Crippen molar-refractivity contribution in [1.29, 1.82) is 0 Å². The second kappa shape index (κ2) is 12.6. The van der Waals surface area contributed by atoms with Crippen molar-refractivity contribution in [1.82, 2.24) is 14.9 Å². The highest BCUT2D eigenvalue weighted by Gasteiger charge is 2.35. The maximum atomic E-state index is 13.4. The molecule has 222 valence electrons. The fourth-order valence-electron chi connectivity index (χ4n) is 5.95. The van der Waals surface area contributed by atoms with Crippen molar-refractivity contribution >= 4 is 24.0 Å². The molecule has 1 amide bonds. The molecule has 4 aliphatic rings. The van der Waals surface area contributed by atoms with Crippen LogP contribution in [0.5, 0.6) is 0 Å². The Morgan fingerprint density at radius 2 is 1.88 bits per heavy atom. The summed E-state index contributed by atoms with van der Waals surface area (Å²) < 4.78 is 39.7. The SMILES string of the molecule is CCC(CCc1nc2c(nc1C1C=CC(C(F)(F)F)=CC1)=CCC=C(C(=O)N1CC(C3=CCCC=C3)C1)C=2)CC(=O)O. The Hall–Kier alpha value is -3.75. The van der Waals surface area contributed by atoms with Gasteiger partial charge in [0.1, 0.15) is 0 Å². The third kappa shape index (κ3) is 6.82. The van der Waals surface area contributed by atoms with Crippen LogP contribution in [0.1, 0.15) is 69.2 Å². The second-order valence-electron chi connectivity index (χ2n) is 11.4. The summed E-state index contributed by atoms with van der Waals surface area (Å²) >= 11 is 0. The van der Waals surface area contributed by atoms with Crippen LogP contribution in [0, 0.1) is 11.8 Å². The number of hydrogen-bond acceptors (Lipinski definition) is 4. The van der Waals surface area contributed by atoms with Gasteiger partial charge in [-0.15, -0.1) is 0 Å². The smallest absolute Gasteiger partial charge is 0.416 e. The Balaban J connectivity index is 1.41. The lowest BCUT2D eigenvalue weighted by Gasteiger charge is -2.40. The number of carbonyl (C=O) groups is 2. The number of carboxylic acids is 1. The lowest BCUT2D eigenvalue weighted by atomic mass is 9.87. The summed E-state index contributed by atoms with van der Waals surface area (Å²) in [5, 5.41) is 10.5. The van der Waals surface area contributed by atoms with Crippen molar-refractivity contribution in [2.75, 3.05) is 13.1 Å². The van der Waals surface area contributed by atoms with Gasteiger partial charge in [0, 0.05) is 36.9 Å². The van der Waals surface area contributed by atoms with Gasteiger partial charge in [0.15, 0.2) is 0 Å². The number of rotatable bonds is 9. The minimum absolute atomic E-state index is 0.0377. The molecule has 0 bridgehead atoms. The van der Waals surface area contributed by atoms with Gasteiger partial charge in [-0.2, -0.15) is 13.2 Å². The summed E-state index contributed by atoms with van der Waals surface area (Å²) in [7, 11) is 0. The lowest BCUT2D eigenvalue weighted by molar-refractivity contribution is -0.138. The Morgan fingerprint density at radius 1 is 1.07 bits per heavy atom. The first-order chi connectivity index (χ1) is 20.1. The molecule has 0 saturated carbocycles. The number of carbonyl (C=O) groups excluding carboxylic acids is 1. The van der Waals surface area contributed by atoms with Crippen molar-refractivity contribution in [2.24, 2.45) is 11.8 Å². The molecule has 9 heteroatoms. The summed E-state index contributed by atoms with van der Waals surface area (Å²) in [6.45, 7) is 3.30. The van der Waals surface area contributed by atoms with Gasteiger partial charge in [-0.1, -0.05) is 62.0 Å². The van der Waals surface area contributed by atoms with Crippen LogP contribution >= 0.6 is 0 Å². The van der Waals surface area contributed by atoms with E-state index in [1.54, 1.807) is 6.08 Å². The number of halogens is 3. The molecule has 1 aromatic heterocycles. The number of aliphatic carboxylic acids is 1. The van der Waals surface area contributed by atoms with Crippen LogP contribution < -0.4 is 10.7 Å². The van der Waals surface area contributed by atoms with E-state index in [2.05, 4.69) is 18.2 Å². The first-order valence-corrected chi connectivity index (χ1v) is 14.7. The van der Waals surface area contributed by atoms with Gasteiger partial charge >= 0.3 is 12.1 Å². The Bertz CT molecular complexity index is 1510. The van der Waals surface area contributed by atoms with E-state index in [-0.39, 0.29) is 30.6 Å². The maximum absolute atomic E-state index is 13.4. The summed E-state index contributed by atoms with van der Waals surface area (Å²) in [6, 6.07) is 0. The normalized spacial score (nSPS) is 21.1. The summed E-state index contributed by atoms with van der Waals surface area (Å²) in [4.78, 5) is 36.4. The number of hydrogen-bond donors (Lipinski definition) is 1. The first kappa shape index (κ1) is 29.7. The zero-order valence-corrected chi connectivity index (χ0v) is 23.7. The van der Waals surface area contributed by atoms with Crippen LogP contribution in [0.2, 0.25) is 0 Å². The van der Waals surface area contributed by atoms with Crippen LogP contribution in [-0.4, -0.2) is 51.1 Å². The molecule has 6 nitrogen and oxygen atoms in total. The van der Waals surface area contributed by atoms with E-state index >= 15 is 0 Å². The molecule has 1 aromatic rings. The quantitative estimate of drug-likeness (QED) is 0.442. The van der Waals surface area contributed by atoms with Gasteiger partial charge in [0.2, 0.25) is 0 Å². The van der Waals surface area contributed by atoms with Crippen molar-refractivity contribution < 1.29 is 27.9 Å². The van der Waals surface area contributed by atoms with E-state index in [1.807, 2.05) is 24.0 Å². The van der Waals surface area contributed by atoms with Crippen molar-refractivity contribution in [3.05, 3.63) is 81.3 Å². The summed E-state index contributed by atoms with van der Waals surface area (Å²) in [5.41, 5.74) is 2.41. The van der Waals surface area contributed by atoms with Crippen LogP contribution in [0.3, 0.4) is 0 Å². The zero-order valence-electron chi connectivity index (χ0n) is 23.7. The number of alkyl halides is 3. The highest BCUT2D eigenvalue weighted by molar-refractivity contribution is 6.02. The van der Waals surface area contributed by atoms with Crippen LogP contribution in [0.4, 0.5) is 13.2 Å². The molecule has 2 heterocycles. The van der Waals surface area contributed by atoms with Gasteiger partial charge in [0.05, 0.1) is 27.7 Å². The van der Waals surface area contributed by atoms with Gasteiger partial charge in [-0.25, -0.2) is 9.97 Å². The topological polar surface area (TPSA) is 83.4 Å². The number of likely N-dealkylation sites (tertiary alicyclic amines) is 1. The fraction of sp³-hybridized carbons (Fsp3) is 0.455. The number of carboxylic acid groups (broad SMARTS) is 1. The Labute approximate surface area is 243 Å². The highest BCUT2D eigenvalue weighted by Crippen LogP contribution is 2.34. The molecular formula is C33H36F3N3O3. The molecule has 2 unspecified atom stereocenters.